The number of hydrogen-bond acceptors (Lipinski definition) is 6. The number of ether oxygens (including phenoxy) is 3. The van der Waals surface area contributed by atoms with Crippen LogP contribution in [0.15, 0.2) is 48.5 Å². The van der Waals surface area contributed by atoms with E-state index in [9.17, 15) is 9.46 Å². The molecule has 4 aromatic rings. The highest BCUT2D eigenvalue weighted by Gasteiger charge is 2.31. The van der Waals surface area contributed by atoms with E-state index < -0.39 is 7.82 Å². The number of methoxy groups -OCH3 is 3. The van der Waals surface area contributed by atoms with Crippen LogP contribution in [0.2, 0.25) is 0 Å². The number of rotatable bonds is 7. The normalized spacial score (nSPS) is 14.8. The standard InChI is InChI=1S/C49H67O7P/c1-17-55-57(50,51)56-45-36-20-34-26-39(47(5,6)7)24-32(43(34)53-15)18-30-22-38(46(2,3)4)23-31(42(30)52-14)19-33-25-40(48(8,9)10)27-35(44(33)54-16)21-37(45)29-41(28-36)49(11,12)13/h22-29H,17-21H2,1-16H3,(H,50,51). The molecule has 0 heterocycles. The van der Waals surface area contributed by atoms with E-state index in [0.717, 1.165) is 78.4 Å². The lowest BCUT2D eigenvalue weighted by Gasteiger charge is -2.29. The van der Waals surface area contributed by atoms with Gasteiger partial charge in [-0.05, 0) is 95.3 Å². The Morgan fingerprint density at radius 1 is 0.456 bits per heavy atom. The van der Waals surface area contributed by atoms with E-state index in [1.165, 1.54) is 5.56 Å². The number of benzene rings is 4. The topological polar surface area (TPSA) is 83.5 Å². The van der Waals surface area contributed by atoms with Crippen LogP contribution in [-0.4, -0.2) is 32.8 Å². The lowest BCUT2D eigenvalue weighted by Crippen LogP contribution is -2.17. The van der Waals surface area contributed by atoms with Gasteiger partial charge in [0.1, 0.15) is 23.0 Å². The average molecular weight is 799 g/mol. The van der Waals surface area contributed by atoms with E-state index in [4.69, 9.17) is 23.3 Å². The molecule has 0 saturated carbocycles. The van der Waals surface area contributed by atoms with E-state index in [2.05, 4.69) is 132 Å². The molecular weight excluding hydrogens is 732 g/mol. The zero-order chi connectivity index (χ0) is 42.5. The lowest BCUT2D eigenvalue weighted by atomic mass is 9.79. The monoisotopic (exact) mass is 798 g/mol. The first kappa shape index (κ1) is 44.3. The molecule has 1 aliphatic rings. The molecule has 5 rings (SSSR count). The fraction of sp³-hybridized carbons (Fsp3) is 0.510. The van der Waals surface area contributed by atoms with Crippen molar-refractivity contribution >= 4 is 7.82 Å². The Bertz CT molecular complexity index is 2050. The minimum Gasteiger partial charge on any atom is -0.496 e. The molecule has 0 aromatic heterocycles. The minimum absolute atomic E-state index is 0.0225. The first-order valence-corrected chi connectivity index (χ1v) is 21.7. The third kappa shape index (κ3) is 9.92. The van der Waals surface area contributed by atoms with Crippen LogP contribution in [0.5, 0.6) is 23.0 Å². The molecule has 1 unspecified atom stereocenters. The van der Waals surface area contributed by atoms with Crippen LogP contribution in [0.25, 0.3) is 0 Å². The van der Waals surface area contributed by atoms with Gasteiger partial charge in [-0.25, -0.2) is 4.57 Å². The summed E-state index contributed by atoms with van der Waals surface area (Å²) in [4.78, 5) is 11.1. The zero-order valence-corrected chi connectivity index (χ0v) is 38.4. The molecule has 0 saturated heterocycles. The van der Waals surface area contributed by atoms with Gasteiger partial charge >= 0.3 is 7.82 Å². The van der Waals surface area contributed by atoms with Crippen LogP contribution in [0.1, 0.15) is 157 Å². The van der Waals surface area contributed by atoms with Crippen molar-refractivity contribution in [2.45, 2.75) is 137 Å². The van der Waals surface area contributed by atoms with Gasteiger partial charge < -0.3 is 18.7 Å². The molecule has 1 atom stereocenters. The van der Waals surface area contributed by atoms with E-state index >= 15 is 0 Å². The molecule has 0 aliphatic heterocycles. The lowest BCUT2D eigenvalue weighted by molar-refractivity contribution is 0.212. The SMILES string of the molecule is CCOP(=O)(O)Oc1c2cc(C(C)(C)C)cc1Cc1cc(C(C)(C)C)cc(c1OC)Cc1cc(C(C)(C)C)cc(c1OC)Cc1cc(C(C)(C)C)cc(c1OC)C2. The van der Waals surface area contributed by atoms with Gasteiger partial charge in [0, 0.05) is 25.7 Å². The van der Waals surface area contributed by atoms with Crippen LogP contribution in [0, 0.1) is 0 Å². The molecular formula is C49H67O7P. The summed E-state index contributed by atoms with van der Waals surface area (Å²) in [5.41, 5.74) is 11.6. The highest BCUT2D eigenvalue weighted by Crippen LogP contribution is 2.49. The highest BCUT2D eigenvalue weighted by atomic mass is 31.2. The van der Waals surface area contributed by atoms with Crippen molar-refractivity contribution in [3.8, 4) is 23.0 Å². The number of phosphoric acid groups is 1. The molecule has 4 aromatic carbocycles. The molecule has 0 radical (unpaired) electrons. The molecule has 8 heteroatoms. The van der Waals surface area contributed by atoms with Crippen molar-refractivity contribution in [3.63, 3.8) is 0 Å². The Morgan fingerprint density at radius 2 is 0.667 bits per heavy atom. The Hall–Kier alpha value is -3.77. The van der Waals surface area contributed by atoms with E-state index in [1.807, 2.05) is 0 Å². The van der Waals surface area contributed by atoms with E-state index in [-0.39, 0.29) is 28.3 Å². The second kappa shape index (κ2) is 16.1. The first-order valence-electron chi connectivity index (χ1n) is 20.2. The zero-order valence-electron chi connectivity index (χ0n) is 37.5. The number of hydrogen-bond donors (Lipinski definition) is 1. The largest absolute Gasteiger partial charge is 0.527 e. The maximum Gasteiger partial charge on any atom is 0.527 e. The van der Waals surface area contributed by atoms with Crippen LogP contribution in [-0.2, 0) is 56.4 Å². The van der Waals surface area contributed by atoms with Gasteiger partial charge in [0.15, 0.2) is 0 Å². The summed E-state index contributed by atoms with van der Waals surface area (Å²) < 4.78 is 44.3. The van der Waals surface area contributed by atoms with Crippen LogP contribution >= 0.6 is 7.82 Å². The Morgan fingerprint density at radius 3 is 0.842 bits per heavy atom. The van der Waals surface area contributed by atoms with Crippen molar-refractivity contribution in [2.75, 3.05) is 27.9 Å². The van der Waals surface area contributed by atoms with Gasteiger partial charge in [-0.1, -0.05) is 132 Å². The summed E-state index contributed by atoms with van der Waals surface area (Å²) in [5.74, 6) is 2.74. The molecule has 0 fully saturated rings. The van der Waals surface area contributed by atoms with Gasteiger partial charge in [0.25, 0.3) is 0 Å². The number of phosphoric ester groups is 1. The summed E-state index contributed by atoms with van der Waals surface area (Å²) in [7, 11) is 0.707. The molecule has 1 N–H and O–H groups in total. The molecule has 57 heavy (non-hydrogen) atoms. The minimum atomic E-state index is -4.51. The molecule has 7 nitrogen and oxygen atoms in total. The van der Waals surface area contributed by atoms with Gasteiger partial charge in [-0.15, -0.1) is 0 Å². The van der Waals surface area contributed by atoms with Crippen molar-refractivity contribution in [1.29, 1.82) is 0 Å². The van der Waals surface area contributed by atoms with Crippen molar-refractivity contribution < 1.29 is 32.7 Å². The van der Waals surface area contributed by atoms with Crippen LogP contribution in [0.3, 0.4) is 0 Å². The molecule has 1 aliphatic carbocycles. The second-order valence-corrected chi connectivity index (χ2v) is 21.2. The molecule has 0 amide bonds. The third-order valence-corrected chi connectivity index (χ3v) is 12.1. The molecule has 0 spiro atoms. The third-order valence-electron chi connectivity index (χ3n) is 11.1. The van der Waals surface area contributed by atoms with E-state index in [0.29, 0.717) is 31.4 Å². The Balaban J connectivity index is 2.01. The summed E-state index contributed by atoms with van der Waals surface area (Å²) in [6.07, 6.45) is 1.90. The summed E-state index contributed by atoms with van der Waals surface area (Å²) >= 11 is 0. The molecule has 8 bridgehead atoms. The quantitative estimate of drug-likeness (QED) is 0.164. The Kier molecular flexibility index (Phi) is 12.5. The maximum atomic E-state index is 13.6. The fourth-order valence-electron chi connectivity index (χ4n) is 7.83. The fourth-order valence-corrected chi connectivity index (χ4v) is 8.67. The predicted octanol–water partition coefficient (Wildman–Crippen LogP) is 12.1. The summed E-state index contributed by atoms with van der Waals surface area (Å²) in [5, 5.41) is 0. The number of fused-ring (bicyclic) bond motifs is 8. The van der Waals surface area contributed by atoms with Crippen molar-refractivity contribution in [3.05, 3.63) is 115 Å². The van der Waals surface area contributed by atoms with Gasteiger partial charge in [0.2, 0.25) is 0 Å². The summed E-state index contributed by atoms with van der Waals surface area (Å²) in [6, 6.07) is 17.8. The maximum absolute atomic E-state index is 13.6. The highest BCUT2D eigenvalue weighted by molar-refractivity contribution is 7.47. The van der Waals surface area contributed by atoms with Gasteiger partial charge in [-0.2, -0.15) is 0 Å². The van der Waals surface area contributed by atoms with Crippen molar-refractivity contribution in [1.82, 2.24) is 0 Å². The van der Waals surface area contributed by atoms with Gasteiger partial charge in [-0.3, -0.25) is 9.42 Å². The molecule has 310 valence electrons. The second-order valence-electron chi connectivity index (χ2n) is 19.8. The predicted molar refractivity (Wildman–Crippen MR) is 234 cm³/mol. The average Bonchev–Trinajstić information content (AvgIpc) is 3.07. The van der Waals surface area contributed by atoms with E-state index in [1.54, 1.807) is 28.3 Å². The first-order chi connectivity index (χ1) is 26.3. The Labute approximate surface area is 343 Å². The van der Waals surface area contributed by atoms with Crippen LogP contribution < -0.4 is 18.7 Å². The smallest absolute Gasteiger partial charge is 0.496 e. The van der Waals surface area contributed by atoms with Crippen molar-refractivity contribution in [2.24, 2.45) is 0 Å². The van der Waals surface area contributed by atoms with Crippen LogP contribution in [0.4, 0.5) is 0 Å². The van der Waals surface area contributed by atoms with Gasteiger partial charge in [0.05, 0.1) is 27.9 Å². The summed E-state index contributed by atoms with van der Waals surface area (Å²) in [6.45, 7) is 28.3.